The molecule has 31 heavy (non-hydrogen) atoms. The second-order valence-corrected chi connectivity index (χ2v) is 7.62. The number of fused-ring (bicyclic) bond motifs is 1. The SMILES string of the molecule is CCOc1cc([C@@H]2CC(=O)Nc3ncnn32)cc(Br)c1OCC(=O)Nc1ccccc1. The average molecular weight is 486 g/mol. The highest BCUT2D eigenvalue weighted by atomic mass is 79.9. The zero-order chi connectivity index (χ0) is 21.8. The number of hydrogen-bond acceptors (Lipinski definition) is 6. The summed E-state index contributed by atoms with van der Waals surface area (Å²) in [5.74, 6) is 0.839. The van der Waals surface area contributed by atoms with Gasteiger partial charge in [-0.1, -0.05) is 18.2 Å². The van der Waals surface area contributed by atoms with Crippen molar-refractivity contribution in [3.05, 3.63) is 58.8 Å². The second-order valence-electron chi connectivity index (χ2n) is 6.76. The number of rotatable bonds is 7. The summed E-state index contributed by atoms with van der Waals surface area (Å²) in [7, 11) is 0. The van der Waals surface area contributed by atoms with Gasteiger partial charge in [0.2, 0.25) is 11.9 Å². The lowest BCUT2D eigenvalue weighted by atomic mass is 10.0. The van der Waals surface area contributed by atoms with E-state index in [0.717, 1.165) is 5.56 Å². The standard InChI is InChI=1S/C21H20BrN5O4/c1-2-30-17-9-13(16-10-18(28)26-21-23-12-24-27(16)21)8-15(22)20(17)31-11-19(29)25-14-6-4-3-5-7-14/h3-9,12,16H,2,10-11H2,1H3,(H,25,29)(H,23,24,26,28)/t16-/m0/s1. The molecule has 1 atom stereocenters. The lowest BCUT2D eigenvalue weighted by Gasteiger charge is -2.25. The fourth-order valence-electron chi connectivity index (χ4n) is 3.30. The Hall–Kier alpha value is -3.40. The van der Waals surface area contributed by atoms with E-state index in [0.29, 0.717) is 34.2 Å². The third-order valence-corrected chi connectivity index (χ3v) is 5.21. The van der Waals surface area contributed by atoms with Crippen LogP contribution < -0.4 is 20.1 Å². The van der Waals surface area contributed by atoms with Gasteiger partial charge in [-0.25, -0.2) is 4.68 Å². The summed E-state index contributed by atoms with van der Waals surface area (Å²) in [5.41, 5.74) is 1.49. The van der Waals surface area contributed by atoms with E-state index in [-0.39, 0.29) is 30.9 Å². The second kappa shape index (κ2) is 9.17. The number of halogens is 1. The van der Waals surface area contributed by atoms with Crippen LogP contribution in [0.1, 0.15) is 24.9 Å². The molecule has 0 saturated carbocycles. The van der Waals surface area contributed by atoms with Crippen molar-refractivity contribution in [1.29, 1.82) is 0 Å². The van der Waals surface area contributed by atoms with Crippen molar-refractivity contribution in [2.45, 2.75) is 19.4 Å². The van der Waals surface area contributed by atoms with Gasteiger partial charge < -0.3 is 14.8 Å². The monoisotopic (exact) mass is 485 g/mol. The molecule has 3 aromatic rings. The highest BCUT2D eigenvalue weighted by molar-refractivity contribution is 9.10. The van der Waals surface area contributed by atoms with E-state index >= 15 is 0 Å². The lowest BCUT2D eigenvalue weighted by molar-refractivity contribution is -0.118. The largest absolute Gasteiger partial charge is 0.490 e. The summed E-state index contributed by atoms with van der Waals surface area (Å²) >= 11 is 3.51. The van der Waals surface area contributed by atoms with Gasteiger partial charge >= 0.3 is 0 Å². The Balaban J connectivity index is 1.56. The summed E-state index contributed by atoms with van der Waals surface area (Å²) in [4.78, 5) is 28.4. The molecule has 0 unspecified atom stereocenters. The highest BCUT2D eigenvalue weighted by Gasteiger charge is 2.29. The first kappa shape index (κ1) is 20.9. The molecule has 0 radical (unpaired) electrons. The fraction of sp³-hybridized carbons (Fsp3) is 0.238. The smallest absolute Gasteiger partial charge is 0.262 e. The molecular weight excluding hydrogens is 466 g/mol. The predicted molar refractivity (Wildman–Crippen MR) is 117 cm³/mol. The topological polar surface area (TPSA) is 107 Å². The molecule has 0 fully saturated rings. The summed E-state index contributed by atoms with van der Waals surface area (Å²) in [6.45, 7) is 2.07. The van der Waals surface area contributed by atoms with Gasteiger partial charge in [0, 0.05) is 5.69 Å². The molecule has 1 aromatic heterocycles. The molecule has 9 nitrogen and oxygen atoms in total. The Bertz CT molecular complexity index is 1100. The van der Waals surface area contributed by atoms with Crippen LogP contribution in [0.2, 0.25) is 0 Å². The van der Waals surface area contributed by atoms with Crippen molar-refractivity contribution in [1.82, 2.24) is 14.8 Å². The number of benzene rings is 2. The van der Waals surface area contributed by atoms with Gasteiger partial charge in [-0.2, -0.15) is 10.1 Å². The Morgan fingerprint density at radius 3 is 2.87 bits per heavy atom. The van der Waals surface area contributed by atoms with Gasteiger partial charge in [-0.3, -0.25) is 14.9 Å². The van der Waals surface area contributed by atoms with Gasteiger partial charge in [-0.15, -0.1) is 0 Å². The van der Waals surface area contributed by atoms with Crippen molar-refractivity contribution < 1.29 is 19.1 Å². The molecule has 1 aliphatic heterocycles. The first-order chi connectivity index (χ1) is 15.0. The molecule has 0 saturated heterocycles. The zero-order valence-electron chi connectivity index (χ0n) is 16.7. The van der Waals surface area contributed by atoms with Gasteiger partial charge in [0.15, 0.2) is 18.1 Å². The van der Waals surface area contributed by atoms with Crippen LogP contribution in [-0.4, -0.2) is 39.8 Å². The van der Waals surface area contributed by atoms with E-state index in [9.17, 15) is 9.59 Å². The predicted octanol–water partition coefficient (Wildman–Crippen LogP) is 3.39. The Morgan fingerprint density at radius 2 is 2.10 bits per heavy atom. The number of carbonyl (C=O) groups is 2. The van der Waals surface area contributed by atoms with Crippen LogP contribution in [0.3, 0.4) is 0 Å². The fourth-order valence-corrected chi connectivity index (χ4v) is 3.88. The van der Waals surface area contributed by atoms with Crippen molar-refractivity contribution in [3.63, 3.8) is 0 Å². The first-order valence-corrected chi connectivity index (χ1v) is 10.5. The maximum atomic E-state index is 12.3. The van der Waals surface area contributed by atoms with E-state index in [1.807, 2.05) is 31.2 Å². The average Bonchev–Trinajstić information content (AvgIpc) is 3.21. The minimum absolute atomic E-state index is 0.141. The number of carbonyl (C=O) groups excluding carboxylic acids is 2. The number of ether oxygens (including phenoxy) is 2. The molecule has 2 heterocycles. The van der Waals surface area contributed by atoms with Crippen LogP contribution in [0.4, 0.5) is 11.6 Å². The van der Waals surface area contributed by atoms with Crippen LogP contribution >= 0.6 is 15.9 Å². The summed E-state index contributed by atoms with van der Waals surface area (Å²) in [6.07, 6.45) is 1.61. The summed E-state index contributed by atoms with van der Waals surface area (Å²) in [6, 6.07) is 12.4. The van der Waals surface area contributed by atoms with Crippen LogP contribution in [0, 0.1) is 0 Å². The number of amides is 2. The maximum Gasteiger partial charge on any atom is 0.262 e. The van der Waals surface area contributed by atoms with Crippen molar-refractivity contribution in [2.75, 3.05) is 23.8 Å². The molecule has 0 spiro atoms. The molecule has 2 N–H and O–H groups in total. The Morgan fingerprint density at radius 1 is 1.29 bits per heavy atom. The van der Waals surface area contributed by atoms with Crippen LogP contribution in [0.25, 0.3) is 0 Å². The third kappa shape index (κ3) is 4.69. The summed E-state index contributed by atoms with van der Waals surface area (Å²) < 4.78 is 13.8. The lowest BCUT2D eigenvalue weighted by Crippen LogP contribution is -2.29. The molecule has 1 aliphatic rings. The van der Waals surface area contributed by atoms with E-state index in [4.69, 9.17) is 9.47 Å². The van der Waals surface area contributed by atoms with Crippen molar-refractivity contribution in [3.8, 4) is 11.5 Å². The molecule has 10 heteroatoms. The molecule has 0 aliphatic carbocycles. The normalized spacial score (nSPS) is 15.0. The van der Waals surface area contributed by atoms with Gasteiger partial charge in [0.1, 0.15) is 6.33 Å². The minimum atomic E-state index is -0.336. The van der Waals surface area contributed by atoms with Crippen LogP contribution in [0.15, 0.2) is 53.3 Å². The van der Waals surface area contributed by atoms with E-state index in [1.54, 1.807) is 22.9 Å². The van der Waals surface area contributed by atoms with E-state index in [2.05, 4.69) is 36.6 Å². The number of anilines is 2. The van der Waals surface area contributed by atoms with Gasteiger partial charge in [0.05, 0.1) is 23.5 Å². The number of hydrogen-bond donors (Lipinski definition) is 2. The molecule has 4 rings (SSSR count). The number of para-hydroxylation sites is 1. The first-order valence-electron chi connectivity index (χ1n) is 9.68. The Kier molecular flexibility index (Phi) is 6.17. The Labute approximate surface area is 186 Å². The molecule has 0 bridgehead atoms. The molecular formula is C21H20BrN5O4. The molecule has 2 aromatic carbocycles. The van der Waals surface area contributed by atoms with Crippen molar-refractivity contribution in [2.24, 2.45) is 0 Å². The highest BCUT2D eigenvalue weighted by Crippen LogP contribution is 2.40. The zero-order valence-corrected chi connectivity index (χ0v) is 18.3. The molecule has 2 amide bonds. The third-order valence-electron chi connectivity index (χ3n) is 4.62. The van der Waals surface area contributed by atoms with Crippen LogP contribution in [0.5, 0.6) is 11.5 Å². The summed E-state index contributed by atoms with van der Waals surface area (Å²) in [5, 5.41) is 9.70. The van der Waals surface area contributed by atoms with Gasteiger partial charge in [-0.05, 0) is 52.7 Å². The maximum absolute atomic E-state index is 12.3. The van der Waals surface area contributed by atoms with E-state index in [1.165, 1.54) is 6.33 Å². The van der Waals surface area contributed by atoms with E-state index < -0.39 is 0 Å². The van der Waals surface area contributed by atoms with Gasteiger partial charge in [0.25, 0.3) is 5.91 Å². The van der Waals surface area contributed by atoms with Crippen molar-refractivity contribution >= 4 is 39.4 Å². The number of nitrogens with one attached hydrogen (secondary N) is 2. The minimum Gasteiger partial charge on any atom is -0.490 e. The van der Waals surface area contributed by atoms with Crippen LogP contribution in [-0.2, 0) is 9.59 Å². The molecule has 160 valence electrons. The quantitative estimate of drug-likeness (QED) is 0.530. The number of nitrogens with zero attached hydrogens (tertiary/aromatic N) is 3. The number of aromatic nitrogens is 3.